The second kappa shape index (κ2) is 5.01. The summed E-state index contributed by atoms with van der Waals surface area (Å²) < 4.78 is 11.6. The quantitative estimate of drug-likeness (QED) is 0.602. The fraction of sp³-hybridized carbons (Fsp3) is 0.429. The number of benzene rings is 1. The van der Waals surface area contributed by atoms with Gasteiger partial charge in [-0.15, -0.1) is 11.6 Å². The Morgan fingerprint density at radius 3 is 3.00 bits per heavy atom. The normalized spacial score (nSPS) is 16.9. The number of hydrogen-bond donors (Lipinski definition) is 0. The summed E-state index contributed by atoms with van der Waals surface area (Å²) in [6.45, 7) is 4.70. The van der Waals surface area contributed by atoms with E-state index < -0.39 is 0 Å². The molecule has 0 saturated heterocycles. The maximum absolute atomic E-state index is 5.91. The molecule has 0 fully saturated rings. The highest BCUT2D eigenvalue weighted by Crippen LogP contribution is 2.41. The van der Waals surface area contributed by atoms with E-state index in [-0.39, 0.29) is 5.60 Å². The fourth-order valence-corrected chi connectivity index (χ4v) is 2.10. The van der Waals surface area contributed by atoms with Gasteiger partial charge in [0.2, 0.25) is 0 Å². The molecule has 2 nitrogen and oxygen atoms in total. The topological polar surface area (TPSA) is 18.5 Å². The predicted octanol–water partition coefficient (Wildman–Crippen LogP) is 3.57. The van der Waals surface area contributed by atoms with Gasteiger partial charge in [0.15, 0.2) is 11.5 Å². The van der Waals surface area contributed by atoms with Crippen molar-refractivity contribution in [2.24, 2.45) is 0 Å². The standard InChI is InChI=1S/C14H17ClO2/c1-14(2)10-11-6-5-7-12(13(11)17-14)16-9-4-3-8-15/h3-7H,8-10H2,1-2H3. The lowest BCUT2D eigenvalue weighted by molar-refractivity contribution is 0.133. The minimum absolute atomic E-state index is 0.131. The van der Waals surface area contributed by atoms with Crippen molar-refractivity contribution in [3.05, 3.63) is 35.9 Å². The molecule has 92 valence electrons. The van der Waals surface area contributed by atoms with Crippen molar-refractivity contribution in [1.29, 1.82) is 0 Å². The summed E-state index contributed by atoms with van der Waals surface area (Å²) in [6, 6.07) is 6.03. The lowest BCUT2D eigenvalue weighted by Gasteiger charge is -2.18. The molecule has 0 amide bonds. The van der Waals surface area contributed by atoms with E-state index in [2.05, 4.69) is 19.9 Å². The zero-order valence-corrected chi connectivity index (χ0v) is 11.0. The first-order valence-electron chi connectivity index (χ1n) is 5.77. The van der Waals surface area contributed by atoms with Gasteiger partial charge in [-0.25, -0.2) is 0 Å². The van der Waals surface area contributed by atoms with Crippen molar-refractivity contribution in [3.8, 4) is 11.5 Å². The van der Waals surface area contributed by atoms with Gasteiger partial charge in [-0.2, -0.15) is 0 Å². The van der Waals surface area contributed by atoms with Gasteiger partial charge in [0.25, 0.3) is 0 Å². The summed E-state index contributed by atoms with van der Waals surface area (Å²) in [5.74, 6) is 2.21. The molecular weight excluding hydrogens is 236 g/mol. The van der Waals surface area contributed by atoms with Crippen molar-refractivity contribution < 1.29 is 9.47 Å². The molecule has 17 heavy (non-hydrogen) atoms. The summed E-state index contributed by atoms with van der Waals surface area (Å²) in [5.41, 5.74) is 1.09. The van der Waals surface area contributed by atoms with Crippen LogP contribution in [0, 0.1) is 0 Å². The molecule has 0 atom stereocenters. The Morgan fingerprint density at radius 1 is 1.41 bits per heavy atom. The molecule has 0 spiro atoms. The molecule has 0 bridgehead atoms. The van der Waals surface area contributed by atoms with E-state index in [4.69, 9.17) is 21.1 Å². The van der Waals surface area contributed by atoms with E-state index in [0.29, 0.717) is 12.5 Å². The Hall–Kier alpha value is -1.15. The van der Waals surface area contributed by atoms with Crippen molar-refractivity contribution in [1.82, 2.24) is 0 Å². The molecule has 3 heteroatoms. The SMILES string of the molecule is CC1(C)Cc2cccc(OCC=CCCl)c2O1. The van der Waals surface area contributed by atoms with Gasteiger partial charge in [0, 0.05) is 17.9 Å². The van der Waals surface area contributed by atoms with Crippen molar-refractivity contribution in [2.45, 2.75) is 25.9 Å². The maximum atomic E-state index is 5.91. The Labute approximate surface area is 107 Å². The highest BCUT2D eigenvalue weighted by molar-refractivity contribution is 6.18. The first-order chi connectivity index (χ1) is 8.12. The zero-order valence-electron chi connectivity index (χ0n) is 10.2. The summed E-state index contributed by atoms with van der Waals surface area (Å²) in [6.07, 6.45) is 4.71. The van der Waals surface area contributed by atoms with Gasteiger partial charge in [-0.1, -0.05) is 24.3 Å². The van der Waals surface area contributed by atoms with Gasteiger partial charge < -0.3 is 9.47 Å². The van der Waals surface area contributed by atoms with E-state index in [1.54, 1.807) is 0 Å². The third-order valence-corrected chi connectivity index (χ3v) is 2.82. The average Bonchev–Trinajstić information content (AvgIpc) is 2.59. The third kappa shape index (κ3) is 2.95. The first kappa shape index (κ1) is 12.3. The van der Waals surface area contributed by atoms with Crippen molar-refractivity contribution in [2.75, 3.05) is 12.5 Å². The summed E-state index contributed by atoms with van der Waals surface area (Å²) in [5, 5.41) is 0. The van der Waals surface area contributed by atoms with Crippen molar-refractivity contribution >= 4 is 11.6 Å². The van der Waals surface area contributed by atoms with Gasteiger partial charge in [0.1, 0.15) is 12.2 Å². The van der Waals surface area contributed by atoms with Crippen LogP contribution in [0.25, 0.3) is 0 Å². The highest BCUT2D eigenvalue weighted by atomic mass is 35.5. The van der Waals surface area contributed by atoms with E-state index in [9.17, 15) is 0 Å². The lowest BCUT2D eigenvalue weighted by atomic mass is 10.0. The van der Waals surface area contributed by atoms with E-state index in [1.807, 2.05) is 24.3 Å². The monoisotopic (exact) mass is 252 g/mol. The molecule has 1 heterocycles. The molecule has 0 radical (unpaired) electrons. The molecule has 1 aromatic rings. The third-order valence-electron chi connectivity index (χ3n) is 2.65. The van der Waals surface area contributed by atoms with Crippen LogP contribution in [-0.4, -0.2) is 18.1 Å². The van der Waals surface area contributed by atoms with Gasteiger partial charge >= 0.3 is 0 Å². The molecule has 0 aromatic heterocycles. The Kier molecular flexibility index (Phi) is 3.63. The second-order valence-corrected chi connectivity index (χ2v) is 5.03. The molecule has 2 rings (SSSR count). The van der Waals surface area contributed by atoms with Crippen molar-refractivity contribution in [3.63, 3.8) is 0 Å². The van der Waals surface area contributed by atoms with Crippen LogP contribution in [-0.2, 0) is 6.42 Å². The number of allylic oxidation sites excluding steroid dienone is 1. The van der Waals surface area contributed by atoms with Gasteiger partial charge in [0.05, 0.1) is 0 Å². The number of hydrogen-bond acceptors (Lipinski definition) is 2. The summed E-state index contributed by atoms with van der Waals surface area (Å²) >= 11 is 5.55. The minimum atomic E-state index is -0.131. The summed E-state index contributed by atoms with van der Waals surface area (Å²) in [7, 11) is 0. The molecule has 0 unspecified atom stereocenters. The molecule has 1 aromatic carbocycles. The van der Waals surface area contributed by atoms with Crippen LogP contribution in [0.2, 0.25) is 0 Å². The Bertz CT molecular complexity index is 424. The number of ether oxygens (including phenoxy) is 2. The number of rotatable bonds is 4. The van der Waals surface area contributed by atoms with Gasteiger partial charge in [-0.05, 0) is 19.9 Å². The van der Waals surface area contributed by atoms with Crippen LogP contribution in [0.4, 0.5) is 0 Å². The van der Waals surface area contributed by atoms with E-state index in [1.165, 1.54) is 5.56 Å². The first-order valence-corrected chi connectivity index (χ1v) is 6.30. The zero-order chi connectivity index (χ0) is 12.3. The van der Waals surface area contributed by atoms with Crippen LogP contribution < -0.4 is 9.47 Å². The van der Waals surface area contributed by atoms with Crippen LogP contribution in [0.5, 0.6) is 11.5 Å². The van der Waals surface area contributed by atoms with E-state index in [0.717, 1.165) is 17.9 Å². The molecule has 1 aliphatic rings. The van der Waals surface area contributed by atoms with Gasteiger partial charge in [-0.3, -0.25) is 0 Å². The number of halogens is 1. The number of fused-ring (bicyclic) bond motifs is 1. The molecule has 0 aliphatic carbocycles. The van der Waals surface area contributed by atoms with Crippen LogP contribution >= 0.6 is 11.6 Å². The van der Waals surface area contributed by atoms with Crippen LogP contribution in [0.3, 0.4) is 0 Å². The molecular formula is C14H17ClO2. The second-order valence-electron chi connectivity index (χ2n) is 4.72. The average molecular weight is 253 g/mol. The lowest BCUT2D eigenvalue weighted by Crippen LogP contribution is -2.24. The number of para-hydroxylation sites is 1. The summed E-state index contributed by atoms with van der Waals surface area (Å²) in [4.78, 5) is 0. The number of alkyl halides is 1. The fourth-order valence-electron chi connectivity index (χ4n) is 1.97. The minimum Gasteiger partial charge on any atom is -0.486 e. The molecule has 0 saturated carbocycles. The highest BCUT2D eigenvalue weighted by Gasteiger charge is 2.32. The van der Waals surface area contributed by atoms with E-state index >= 15 is 0 Å². The largest absolute Gasteiger partial charge is 0.486 e. The molecule has 1 aliphatic heterocycles. The van der Waals surface area contributed by atoms with Crippen LogP contribution in [0.15, 0.2) is 30.4 Å². The maximum Gasteiger partial charge on any atom is 0.165 e. The predicted molar refractivity (Wildman–Crippen MR) is 70.2 cm³/mol. The molecule has 0 N–H and O–H groups in total. The Balaban J connectivity index is 2.10. The van der Waals surface area contributed by atoms with Crippen LogP contribution in [0.1, 0.15) is 19.4 Å². The smallest absolute Gasteiger partial charge is 0.165 e. The Morgan fingerprint density at radius 2 is 2.24 bits per heavy atom.